The van der Waals surface area contributed by atoms with Crippen LogP contribution >= 0.6 is 11.3 Å². The highest BCUT2D eigenvalue weighted by Crippen LogP contribution is 2.16. The molecule has 0 saturated carbocycles. The van der Waals surface area contributed by atoms with Crippen molar-refractivity contribution < 1.29 is 9.18 Å². The number of hydrogen-bond donors (Lipinski definition) is 2. The van der Waals surface area contributed by atoms with Crippen molar-refractivity contribution in [2.24, 2.45) is 0 Å². The molecule has 1 amide bonds. The lowest BCUT2D eigenvalue weighted by Crippen LogP contribution is -2.27. The molecular weight excluding hydrogens is 275 g/mol. The van der Waals surface area contributed by atoms with Crippen LogP contribution in [0, 0.1) is 5.82 Å². The van der Waals surface area contributed by atoms with Gasteiger partial charge >= 0.3 is 0 Å². The molecule has 0 fully saturated rings. The molecule has 1 aromatic carbocycles. The number of carbonyl (C=O) groups is 1. The molecule has 20 heavy (non-hydrogen) atoms. The van der Waals surface area contributed by atoms with Crippen molar-refractivity contribution in [1.29, 1.82) is 0 Å². The molecular formula is C15H17FN2OS. The van der Waals surface area contributed by atoms with Crippen LogP contribution in [0.3, 0.4) is 0 Å². The number of nitrogens with one attached hydrogen (secondary N) is 2. The van der Waals surface area contributed by atoms with Crippen molar-refractivity contribution in [3.63, 3.8) is 0 Å². The van der Waals surface area contributed by atoms with Gasteiger partial charge in [-0.2, -0.15) is 0 Å². The first-order valence-electron chi connectivity index (χ1n) is 6.50. The SMILES string of the molecule is CCc1ccsc1CNCC(=O)Nc1cccc(F)c1. The van der Waals surface area contributed by atoms with Gasteiger partial charge in [0.1, 0.15) is 5.82 Å². The molecule has 0 aliphatic rings. The van der Waals surface area contributed by atoms with Gasteiger partial charge in [-0.1, -0.05) is 13.0 Å². The average molecular weight is 292 g/mol. The minimum absolute atomic E-state index is 0.176. The summed E-state index contributed by atoms with van der Waals surface area (Å²) in [6.45, 7) is 3.00. The van der Waals surface area contributed by atoms with Gasteiger partial charge in [0.15, 0.2) is 0 Å². The van der Waals surface area contributed by atoms with Crippen LogP contribution in [-0.2, 0) is 17.8 Å². The van der Waals surface area contributed by atoms with Gasteiger partial charge in [-0.3, -0.25) is 4.79 Å². The monoisotopic (exact) mass is 292 g/mol. The predicted molar refractivity (Wildman–Crippen MR) is 80.4 cm³/mol. The molecule has 0 aliphatic heterocycles. The molecule has 0 spiro atoms. The van der Waals surface area contributed by atoms with E-state index >= 15 is 0 Å². The van der Waals surface area contributed by atoms with Gasteiger partial charge in [-0.15, -0.1) is 11.3 Å². The number of thiophene rings is 1. The van der Waals surface area contributed by atoms with Crippen molar-refractivity contribution in [3.05, 3.63) is 52.0 Å². The molecule has 5 heteroatoms. The number of hydrogen-bond acceptors (Lipinski definition) is 3. The van der Waals surface area contributed by atoms with Crippen LogP contribution in [0.15, 0.2) is 35.7 Å². The van der Waals surface area contributed by atoms with Crippen LogP contribution in [0.25, 0.3) is 0 Å². The molecule has 2 N–H and O–H groups in total. The Labute approximate surface area is 121 Å². The summed E-state index contributed by atoms with van der Waals surface area (Å²) in [6, 6.07) is 7.98. The van der Waals surface area contributed by atoms with Gasteiger partial charge in [-0.05, 0) is 41.6 Å². The van der Waals surface area contributed by atoms with Crippen LogP contribution in [0.2, 0.25) is 0 Å². The van der Waals surface area contributed by atoms with Gasteiger partial charge in [0, 0.05) is 17.1 Å². The molecule has 0 aliphatic carbocycles. The first-order chi connectivity index (χ1) is 9.69. The maximum absolute atomic E-state index is 13.0. The number of anilines is 1. The summed E-state index contributed by atoms with van der Waals surface area (Å²) in [4.78, 5) is 13.0. The number of amides is 1. The van der Waals surface area contributed by atoms with Crippen molar-refractivity contribution in [1.82, 2.24) is 5.32 Å². The number of halogens is 1. The van der Waals surface area contributed by atoms with Crippen LogP contribution < -0.4 is 10.6 Å². The quantitative estimate of drug-likeness (QED) is 0.858. The Balaban J connectivity index is 1.78. The largest absolute Gasteiger partial charge is 0.325 e. The summed E-state index contributed by atoms with van der Waals surface area (Å²) in [5.41, 5.74) is 1.79. The molecule has 106 valence electrons. The summed E-state index contributed by atoms with van der Waals surface area (Å²) in [5, 5.41) is 7.81. The van der Waals surface area contributed by atoms with Crippen LogP contribution in [0.5, 0.6) is 0 Å². The van der Waals surface area contributed by atoms with E-state index in [0.29, 0.717) is 12.2 Å². The third-order valence-electron chi connectivity index (χ3n) is 2.90. The second-order valence-corrected chi connectivity index (χ2v) is 5.39. The van der Waals surface area contributed by atoms with Gasteiger partial charge in [0.2, 0.25) is 5.91 Å². The lowest BCUT2D eigenvalue weighted by molar-refractivity contribution is -0.115. The van der Waals surface area contributed by atoms with Crippen molar-refractivity contribution in [2.75, 3.05) is 11.9 Å². The second kappa shape index (κ2) is 7.17. The van der Waals surface area contributed by atoms with Gasteiger partial charge in [0.25, 0.3) is 0 Å². The van der Waals surface area contributed by atoms with E-state index in [1.807, 2.05) is 0 Å². The molecule has 3 nitrogen and oxygen atoms in total. The lowest BCUT2D eigenvalue weighted by atomic mass is 10.2. The summed E-state index contributed by atoms with van der Waals surface area (Å²) in [7, 11) is 0. The zero-order chi connectivity index (χ0) is 14.4. The Bertz CT molecular complexity index is 583. The third-order valence-corrected chi connectivity index (χ3v) is 3.86. The van der Waals surface area contributed by atoms with E-state index in [9.17, 15) is 9.18 Å². The van der Waals surface area contributed by atoms with E-state index in [1.165, 1.54) is 22.6 Å². The Hall–Kier alpha value is -1.72. The Kier molecular flexibility index (Phi) is 5.26. The van der Waals surface area contributed by atoms with Crippen molar-refractivity contribution in [2.45, 2.75) is 19.9 Å². The van der Waals surface area contributed by atoms with Crippen LogP contribution in [0.1, 0.15) is 17.4 Å². The summed E-state index contributed by atoms with van der Waals surface area (Å²) in [6.07, 6.45) is 0.996. The Morgan fingerprint density at radius 2 is 2.20 bits per heavy atom. The fourth-order valence-electron chi connectivity index (χ4n) is 1.90. The zero-order valence-electron chi connectivity index (χ0n) is 11.3. The van der Waals surface area contributed by atoms with Crippen LogP contribution in [-0.4, -0.2) is 12.5 Å². The van der Waals surface area contributed by atoms with Gasteiger partial charge in [-0.25, -0.2) is 4.39 Å². The van der Waals surface area contributed by atoms with E-state index in [1.54, 1.807) is 23.5 Å². The highest BCUT2D eigenvalue weighted by molar-refractivity contribution is 7.10. The highest BCUT2D eigenvalue weighted by atomic mass is 32.1. The number of aryl methyl sites for hydroxylation is 1. The Morgan fingerprint density at radius 1 is 1.35 bits per heavy atom. The molecule has 0 saturated heterocycles. The number of rotatable bonds is 6. The molecule has 1 heterocycles. The van der Waals surface area contributed by atoms with E-state index < -0.39 is 0 Å². The minimum atomic E-state index is -0.359. The summed E-state index contributed by atoms with van der Waals surface area (Å²) >= 11 is 1.69. The number of benzene rings is 1. The van der Waals surface area contributed by atoms with Crippen LogP contribution in [0.4, 0.5) is 10.1 Å². The predicted octanol–water partition coefficient (Wildman–Crippen LogP) is 3.18. The lowest BCUT2D eigenvalue weighted by Gasteiger charge is -2.07. The smallest absolute Gasteiger partial charge is 0.238 e. The highest BCUT2D eigenvalue weighted by Gasteiger charge is 2.05. The third kappa shape index (κ3) is 4.15. The van der Waals surface area contributed by atoms with E-state index in [2.05, 4.69) is 29.0 Å². The summed E-state index contributed by atoms with van der Waals surface area (Å²) < 4.78 is 13.0. The molecule has 1 aromatic heterocycles. The second-order valence-electron chi connectivity index (χ2n) is 4.38. The van der Waals surface area contributed by atoms with Gasteiger partial charge in [0.05, 0.1) is 6.54 Å². The maximum Gasteiger partial charge on any atom is 0.238 e. The van der Waals surface area contributed by atoms with E-state index in [4.69, 9.17) is 0 Å². The first-order valence-corrected chi connectivity index (χ1v) is 7.38. The van der Waals surface area contributed by atoms with Crippen molar-refractivity contribution in [3.8, 4) is 0 Å². The fourth-order valence-corrected chi connectivity index (χ4v) is 2.84. The maximum atomic E-state index is 13.0. The van der Waals surface area contributed by atoms with E-state index in [0.717, 1.165) is 6.42 Å². The zero-order valence-corrected chi connectivity index (χ0v) is 12.1. The molecule has 0 bridgehead atoms. The first kappa shape index (κ1) is 14.7. The molecule has 0 unspecified atom stereocenters. The molecule has 0 atom stereocenters. The fraction of sp³-hybridized carbons (Fsp3) is 0.267. The van der Waals surface area contributed by atoms with E-state index in [-0.39, 0.29) is 18.3 Å². The standard InChI is InChI=1S/C15H17FN2OS/c1-2-11-6-7-20-14(11)9-17-10-15(19)18-13-5-3-4-12(16)8-13/h3-8,17H,2,9-10H2,1H3,(H,18,19). The molecule has 0 radical (unpaired) electrons. The minimum Gasteiger partial charge on any atom is -0.325 e. The summed E-state index contributed by atoms with van der Waals surface area (Å²) in [5.74, 6) is -0.535. The average Bonchev–Trinajstić information content (AvgIpc) is 2.86. The number of carbonyl (C=O) groups excluding carboxylic acids is 1. The molecule has 2 rings (SSSR count). The van der Waals surface area contributed by atoms with Gasteiger partial charge < -0.3 is 10.6 Å². The topological polar surface area (TPSA) is 41.1 Å². The Morgan fingerprint density at radius 3 is 2.95 bits per heavy atom. The normalized spacial score (nSPS) is 10.5. The molecule has 2 aromatic rings. The van der Waals surface area contributed by atoms with Crippen molar-refractivity contribution >= 4 is 22.9 Å².